The third-order valence-corrected chi connectivity index (χ3v) is 8.06. The van der Waals surface area contributed by atoms with Gasteiger partial charge in [-0.25, -0.2) is 9.97 Å². The van der Waals surface area contributed by atoms with Crippen LogP contribution in [0.5, 0.6) is 0 Å². The molecule has 0 radical (unpaired) electrons. The van der Waals surface area contributed by atoms with E-state index in [0.29, 0.717) is 0 Å². The Balaban J connectivity index is 0.00000164. The van der Waals surface area contributed by atoms with Gasteiger partial charge in [0.15, 0.2) is 0 Å². The molecule has 38 heavy (non-hydrogen) atoms. The number of allylic oxidation sites excluding steroid dienone is 4. The van der Waals surface area contributed by atoms with Crippen LogP contribution in [0.25, 0.3) is 44.4 Å². The topological polar surface area (TPSA) is 71.1 Å². The van der Waals surface area contributed by atoms with E-state index in [0.717, 1.165) is 90.9 Å². The van der Waals surface area contributed by atoms with Crippen molar-refractivity contribution in [3.05, 3.63) is 69.3 Å². The summed E-state index contributed by atoms with van der Waals surface area (Å²) < 4.78 is 8.25. The second-order valence-corrected chi connectivity index (χ2v) is 9.93. The molecule has 2 aliphatic rings. The van der Waals surface area contributed by atoms with Crippen molar-refractivity contribution in [1.82, 2.24) is 19.9 Å². The zero-order valence-corrected chi connectivity index (χ0v) is 25.4. The van der Waals surface area contributed by atoms with Gasteiger partial charge in [-0.2, -0.15) is 0 Å². The summed E-state index contributed by atoms with van der Waals surface area (Å²) in [6.45, 7) is 17.6. The van der Waals surface area contributed by atoms with Crippen molar-refractivity contribution in [2.24, 2.45) is 0 Å². The fourth-order valence-corrected chi connectivity index (χ4v) is 5.85. The first-order chi connectivity index (χ1) is 18.3. The van der Waals surface area contributed by atoms with Gasteiger partial charge < -0.3 is 9.97 Å². The maximum atomic E-state index is 8.25. The van der Waals surface area contributed by atoms with Crippen LogP contribution in [0.15, 0.2) is 24.3 Å². The number of hydrogen-bond donors (Lipinski definition) is 0. The van der Waals surface area contributed by atoms with E-state index in [9.17, 15) is 0 Å². The van der Waals surface area contributed by atoms with E-state index < -0.39 is 0 Å². The molecule has 0 aromatic carbocycles. The molecule has 0 spiro atoms. The van der Waals surface area contributed by atoms with Crippen LogP contribution in [-0.2, 0) is 36.6 Å². The van der Waals surface area contributed by atoms with Crippen molar-refractivity contribution in [1.29, 1.82) is 0 Å². The summed E-state index contributed by atoms with van der Waals surface area (Å²) in [6, 6.07) is 8.72. The van der Waals surface area contributed by atoms with Crippen LogP contribution < -0.4 is 9.97 Å². The van der Waals surface area contributed by atoms with Gasteiger partial charge >= 0.3 is 23.7 Å². The van der Waals surface area contributed by atoms with Crippen LogP contribution >= 0.6 is 0 Å². The molecule has 6 heteroatoms. The van der Waals surface area contributed by atoms with Crippen LogP contribution in [0.2, 0.25) is 0 Å². The van der Waals surface area contributed by atoms with Crippen LogP contribution in [0.3, 0.4) is 0 Å². The van der Waals surface area contributed by atoms with Gasteiger partial charge in [-0.3, -0.25) is 0 Å². The van der Waals surface area contributed by atoms with Crippen LogP contribution in [0, 0.1) is 13.8 Å². The zero-order valence-electron chi connectivity index (χ0n) is 23.8. The third-order valence-electron chi connectivity index (χ3n) is 8.06. The summed E-state index contributed by atoms with van der Waals surface area (Å²) in [6.07, 6.45) is 3.74. The summed E-state index contributed by atoms with van der Waals surface area (Å²) in [5.41, 5.74) is 18.2. The Morgan fingerprint density at radius 1 is 0.553 bits per heavy atom. The van der Waals surface area contributed by atoms with Crippen LogP contribution in [0.1, 0.15) is 99.4 Å². The van der Waals surface area contributed by atoms with Gasteiger partial charge in [0, 0.05) is 0 Å². The first-order valence-electron chi connectivity index (χ1n) is 13.5. The van der Waals surface area contributed by atoms with Crippen molar-refractivity contribution in [3.8, 4) is 0 Å². The number of aromatic nitrogens is 4. The summed E-state index contributed by atoms with van der Waals surface area (Å²) in [5.74, 6) is 0. The van der Waals surface area contributed by atoms with E-state index in [1.807, 2.05) is 0 Å². The molecule has 5 rings (SSSR count). The van der Waals surface area contributed by atoms with E-state index in [2.05, 4.69) is 79.7 Å². The van der Waals surface area contributed by atoms with Crippen molar-refractivity contribution in [2.45, 2.75) is 81.1 Å². The van der Waals surface area contributed by atoms with Crippen LogP contribution in [0.4, 0.5) is 0 Å². The van der Waals surface area contributed by atoms with E-state index in [1.165, 1.54) is 44.5 Å². The second kappa shape index (κ2) is 11.5. The summed E-state index contributed by atoms with van der Waals surface area (Å²) in [7, 11) is 0. The molecule has 194 valence electrons. The van der Waals surface area contributed by atoms with Crippen molar-refractivity contribution >= 4 is 44.4 Å². The van der Waals surface area contributed by atoms with Crippen molar-refractivity contribution < 1.29 is 23.7 Å². The molecule has 3 aromatic rings. The molecule has 3 aromatic heterocycles. The Morgan fingerprint density at radius 2 is 0.947 bits per heavy atom. The van der Waals surface area contributed by atoms with Crippen molar-refractivity contribution in [3.63, 3.8) is 0 Å². The molecule has 0 N–H and O–H groups in total. The van der Waals surface area contributed by atoms with Gasteiger partial charge in [0.05, 0.1) is 22.8 Å². The molecule has 0 fully saturated rings. The normalized spacial score (nSPS) is 13.2. The van der Waals surface area contributed by atoms with E-state index in [1.54, 1.807) is 0 Å². The van der Waals surface area contributed by atoms with Gasteiger partial charge in [-0.05, 0) is 81.7 Å². The summed E-state index contributed by atoms with van der Waals surface area (Å²) in [5, 5.41) is 0. The minimum absolute atomic E-state index is 0.750. The molecule has 0 saturated carbocycles. The van der Waals surface area contributed by atoms with Crippen molar-refractivity contribution in [2.75, 3.05) is 0 Å². The van der Waals surface area contributed by atoms with E-state index in [4.69, 9.17) is 23.3 Å². The fraction of sp³-hybridized carbons (Fsp3) is 0.375. The Morgan fingerprint density at radius 3 is 1.42 bits per heavy atom. The number of hydrogen-bond acceptors (Lipinski definition) is 3. The average Bonchev–Trinajstić information content (AvgIpc) is 3.57. The van der Waals surface area contributed by atoms with Gasteiger partial charge in [0.25, 0.3) is 0 Å². The van der Waals surface area contributed by atoms with E-state index in [-0.39, 0.29) is 0 Å². The van der Waals surface area contributed by atoms with Crippen LogP contribution in [-0.4, -0.2) is 9.97 Å². The second-order valence-electron chi connectivity index (χ2n) is 9.93. The fourth-order valence-electron chi connectivity index (χ4n) is 5.85. The molecular weight excluding hydrogens is 504 g/mol. The summed E-state index contributed by atoms with van der Waals surface area (Å²) >= 11 is 0.750. The van der Waals surface area contributed by atoms with Gasteiger partial charge in [-0.1, -0.05) is 68.1 Å². The first kappa shape index (κ1) is 28.1. The van der Waals surface area contributed by atoms with Gasteiger partial charge in [0.2, 0.25) is 0 Å². The van der Waals surface area contributed by atoms with E-state index >= 15 is 0 Å². The SMILES string of the molecule is CCC1=C(C)c2cc3[n-]c(cc4[n-]c(cc5nc(cc1n2)C(C)=C5CC)c(C)c4CC)c(C)c3CC.[O]=[Ti+2]. The molecule has 0 amide bonds. The Kier molecular flexibility index (Phi) is 8.49. The molecule has 0 unspecified atom stereocenters. The molecule has 0 aliphatic carbocycles. The molecular formula is C32H36N4OTi. The minimum atomic E-state index is 0.750. The molecule has 2 aliphatic heterocycles. The first-order valence-corrected chi connectivity index (χ1v) is 14.2. The number of nitrogens with zero attached hydrogens (tertiary/aromatic N) is 4. The molecule has 5 nitrogen and oxygen atoms in total. The molecule has 0 saturated heterocycles. The monoisotopic (exact) mass is 540 g/mol. The van der Waals surface area contributed by atoms with Gasteiger partial charge in [-0.15, -0.1) is 22.1 Å². The average molecular weight is 541 g/mol. The predicted molar refractivity (Wildman–Crippen MR) is 153 cm³/mol. The standard InChI is InChI=1S/C32H36N4.O.Ti/c1-9-21-17(5)25-14-30-23(11-3)19(7)27(35-30)16-32-24(12-4)20(8)28(36-32)15-31-22(10-2)18(6)26(34-31)13-29(21)33-25;;/h13-16H,9-12H2,1-8H3;;/q-2;;+2. The number of aryl methyl sites for hydroxylation is 4. The Hall–Kier alpha value is -2.89. The Labute approximate surface area is 237 Å². The molecule has 5 heterocycles. The maximum absolute atomic E-state index is 8.25. The summed E-state index contributed by atoms with van der Waals surface area (Å²) in [4.78, 5) is 20.4. The third kappa shape index (κ3) is 4.71. The molecule has 8 bridgehead atoms. The zero-order chi connectivity index (χ0) is 27.7. The number of fused-ring (bicyclic) bond motifs is 8. The number of rotatable bonds is 4. The Bertz CT molecular complexity index is 1630. The molecule has 0 atom stereocenters. The quantitative estimate of drug-likeness (QED) is 0.315. The predicted octanol–water partition coefficient (Wildman–Crippen LogP) is 7.87. The van der Waals surface area contributed by atoms with Gasteiger partial charge in [0.1, 0.15) is 0 Å².